The molecule has 0 bridgehead atoms. The quantitative estimate of drug-likeness (QED) is 0.344. The van der Waals surface area contributed by atoms with E-state index in [9.17, 15) is 18.0 Å². The highest BCUT2D eigenvalue weighted by Gasteiger charge is 2.33. The van der Waals surface area contributed by atoms with Crippen LogP contribution in [0.15, 0.2) is 36.4 Å². The monoisotopic (exact) mass is 585 g/mol. The number of sulfonamides is 1. The van der Waals surface area contributed by atoms with Gasteiger partial charge in [0.25, 0.3) is 0 Å². The number of carbonyl (C=O) groups is 2. The first-order valence-corrected chi connectivity index (χ1v) is 14.9. The topological polar surface area (TPSA) is 105 Å². The number of hydrogen-bond acceptors (Lipinski definition) is 6. The molecule has 12 heteroatoms. The van der Waals surface area contributed by atoms with Crippen molar-refractivity contribution in [2.24, 2.45) is 0 Å². The van der Waals surface area contributed by atoms with Crippen LogP contribution >= 0.6 is 23.2 Å². The van der Waals surface area contributed by atoms with Gasteiger partial charge < -0.3 is 19.7 Å². The van der Waals surface area contributed by atoms with Crippen LogP contribution in [0.3, 0.4) is 0 Å². The molecule has 0 radical (unpaired) electrons. The Bertz CT molecular complexity index is 1240. The zero-order valence-corrected chi connectivity index (χ0v) is 24.0. The van der Waals surface area contributed by atoms with Crippen LogP contribution in [0.4, 0.5) is 5.69 Å². The van der Waals surface area contributed by atoms with Crippen LogP contribution in [0.2, 0.25) is 10.0 Å². The summed E-state index contributed by atoms with van der Waals surface area (Å²) in [7, 11) is -3.88. The summed E-state index contributed by atoms with van der Waals surface area (Å²) in [5.41, 5.74) is 0.720. The van der Waals surface area contributed by atoms with Gasteiger partial charge >= 0.3 is 0 Å². The van der Waals surface area contributed by atoms with Gasteiger partial charge in [-0.15, -0.1) is 0 Å². The first-order valence-electron chi connectivity index (χ1n) is 12.5. The summed E-state index contributed by atoms with van der Waals surface area (Å²) in [5.74, 6) is -0.273. The summed E-state index contributed by atoms with van der Waals surface area (Å²) in [6.07, 6.45) is 1.99. The molecule has 1 aliphatic heterocycles. The predicted octanol–water partition coefficient (Wildman–Crippen LogP) is 4.60. The minimum Gasteiger partial charge on any atom is -0.454 e. The molecule has 0 fully saturated rings. The number of ether oxygens (including phenoxy) is 2. The molecule has 208 valence electrons. The Labute approximate surface area is 234 Å². The number of hydrogen-bond donors (Lipinski definition) is 1. The number of benzene rings is 2. The number of nitrogens with one attached hydrogen (secondary N) is 1. The van der Waals surface area contributed by atoms with E-state index in [4.69, 9.17) is 32.7 Å². The maximum absolute atomic E-state index is 13.9. The van der Waals surface area contributed by atoms with Gasteiger partial charge in [-0.1, -0.05) is 49.5 Å². The normalized spacial score (nSPS) is 13.2. The molecule has 2 aromatic carbocycles. The van der Waals surface area contributed by atoms with Crippen molar-refractivity contribution in [3.05, 3.63) is 52.0 Å². The lowest BCUT2D eigenvalue weighted by Crippen LogP contribution is -2.52. The Morgan fingerprint density at radius 1 is 1.05 bits per heavy atom. The lowest BCUT2D eigenvalue weighted by Gasteiger charge is -2.33. The Kier molecular flexibility index (Phi) is 10.5. The van der Waals surface area contributed by atoms with Crippen LogP contribution in [0.1, 0.15) is 45.6 Å². The van der Waals surface area contributed by atoms with Gasteiger partial charge in [0.1, 0.15) is 12.6 Å². The number of carbonyl (C=O) groups excluding carboxylic acids is 2. The fourth-order valence-electron chi connectivity index (χ4n) is 4.04. The third-order valence-electron chi connectivity index (χ3n) is 6.23. The van der Waals surface area contributed by atoms with Gasteiger partial charge in [-0.3, -0.25) is 13.9 Å². The van der Waals surface area contributed by atoms with Crippen molar-refractivity contribution in [2.75, 3.05) is 29.9 Å². The number of halogens is 2. The third-order valence-corrected chi connectivity index (χ3v) is 8.68. The second kappa shape index (κ2) is 13.4. The van der Waals surface area contributed by atoms with Crippen LogP contribution in [-0.4, -0.2) is 56.8 Å². The van der Waals surface area contributed by atoms with Crippen molar-refractivity contribution in [1.82, 2.24) is 10.2 Å². The van der Waals surface area contributed by atoms with E-state index in [2.05, 4.69) is 5.32 Å². The highest BCUT2D eigenvalue weighted by atomic mass is 35.5. The van der Waals surface area contributed by atoms with Crippen molar-refractivity contribution in [3.63, 3.8) is 0 Å². The van der Waals surface area contributed by atoms with Gasteiger partial charge in [0.05, 0.1) is 11.4 Å². The van der Waals surface area contributed by atoms with E-state index in [1.54, 1.807) is 37.3 Å². The highest BCUT2D eigenvalue weighted by Crippen LogP contribution is 2.36. The van der Waals surface area contributed by atoms with Crippen molar-refractivity contribution in [3.8, 4) is 11.5 Å². The molecule has 1 aliphatic rings. The number of nitrogens with zero attached hydrogens (tertiary/aromatic N) is 2. The van der Waals surface area contributed by atoms with Gasteiger partial charge in [-0.05, 0) is 44.0 Å². The van der Waals surface area contributed by atoms with Crippen LogP contribution < -0.4 is 19.1 Å². The average molecular weight is 587 g/mol. The Balaban J connectivity index is 1.99. The largest absolute Gasteiger partial charge is 0.454 e. The van der Waals surface area contributed by atoms with E-state index in [0.717, 1.165) is 17.1 Å². The molecule has 9 nitrogen and oxygen atoms in total. The zero-order valence-electron chi connectivity index (χ0n) is 21.7. The number of anilines is 1. The molecule has 1 unspecified atom stereocenters. The first-order chi connectivity index (χ1) is 18.1. The fraction of sp³-hybridized carbons (Fsp3) is 0.462. The van der Waals surface area contributed by atoms with Crippen LogP contribution in [-0.2, 0) is 26.2 Å². The van der Waals surface area contributed by atoms with E-state index in [0.29, 0.717) is 40.1 Å². The number of amides is 2. The van der Waals surface area contributed by atoms with E-state index in [1.165, 1.54) is 17.9 Å². The minimum absolute atomic E-state index is 0.0237. The average Bonchev–Trinajstić information content (AvgIpc) is 3.36. The first kappa shape index (κ1) is 29.9. The van der Waals surface area contributed by atoms with Gasteiger partial charge in [-0.2, -0.15) is 0 Å². The van der Waals surface area contributed by atoms with Crippen LogP contribution in [0, 0.1) is 0 Å². The van der Waals surface area contributed by atoms with Crippen LogP contribution in [0.25, 0.3) is 0 Å². The van der Waals surface area contributed by atoms with Crippen molar-refractivity contribution in [1.29, 1.82) is 0 Å². The van der Waals surface area contributed by atoms with E-state index in [1.807, 2.05) is 6.92 Å². The Morgan fingerprint density at radius 2 is 1.74 bits per heavy atom. The van der Waals surface area contributed by atoms with E-state index in [-0.39, 0.29) is 30.7 Å². The van der Waals surface area contributed by atoms with Gasteiger partial charge in [0.2, 0.25) is 28.6 Å². The van der Waals surface area contributed by atoms with Gasteiger partial charge in [0.15, 0.2) is 11.5 Å². The fourth-order valence-corrected chi connectivity index (χ4v) is 5.61. The second-order valence-electron chi connectivity index (χ2n) is 8.74. The maximum atomic E-state index is 13.9. The number of unbranched alkanes of at least 4 members (excludes halogenated alkanes) is 1. The molecule has 1 N–H and O–H groups in total. The van der Waals surface area contributed by atoms with Crippen molar-refractivity contribution < 1.29 is 27.5 Å². The van der Waals surface area contributed by atoms with E-state index >= 15 is 0 Å². The molecule has 38 heavy (non-hydrogen) atoms. The van der Waals surface area contributed by atoms with Crippen molar-refractivity contribution in [2.45, 2.75) is 52.6 Å². The number of rotatable bonds is 13. The molecule has 0 saturated carbocycles. The lowest BCUT2D eigenvalue weighted by atomic mass is 10.1. The summed E-state index contributed by atoms with van der Waals surface area (Å²) in [4.78, 5) is 28.4. The molecule has 0 aliphatic carbocycles. The van der Waals surface area contributed by atoms with Gasteiger partial charge in [-0.25, -0.2) is 8.42 Å². The summed E-state index contributed by atoms with van der Waals surface area (Å²) in [5, 5.41) is 3.56. The number of fused-ring (bicyclic) bond motifs is 1. The SMILES string of the molecule is CCCCNC(=O)C(CC)N(Cc1c(Cl)cccc1Cl)C(=O)CN(c1ccc2c(c1)OCO2)S(=O)(=O)CC. The summed E-state index contributed by atoms with van der Waals surface area (Å²) in [6.45, 7) is 5.19. The molecule has 1 heterocycles. The molecule has 2 amide bonds. The summed E-state index contributed by atoms with van der Waals surface area (Å²) in [6, 6.07) is 8.78. The summed E-state index contributed by atoms with van der Waals surface area (Å²) >= 11 is 12.8. The molecule has 3 rings (SSSR count). The predicted molar refractivity (Wildman–Crippen MR) is 148 cm³/mol. The van der Waals surface area contributed by atoms with Gasteiger partial charge in [0, 0.05) is 34.8 Å². The molecular weight excluding hydrogens is 553 g/mol. The zero-order chi connectivity index (χ0) is 27.9. The molecule has 0 spiro atoms. The van der Waals surface area contributed by atoms with Crippen LogP contribution in [0.5, 0.6) is 11.5 Å². The smallest absolute Gasteiger partial charge is 0.244 e. The highest BCUT2D eigenvalue weighted by molar-refractivity contribution is 7.92. The minimum atomic E-state index is -3.88. The molecule has 1 atom stereocenters. The standard InChI is InChI=1S/C26H33Cl2N3O6S/c1-4-7-13-29-26(33)22(5-2)30(15-19-20(27)9-8-10-21(19)28)25(32)16-31(38(34,35)6-3)18-11-12-23-24(14-18)37-17-36-23/h8-12,14,22H,4-7,13,15-17H2,1-3H3,(H,29,33). The molecular formula is C26H33Cl2N3O6S. The summed E-state index contributed by atoms with van der Waals surface area (Å²) < 4.78 is 38.0. The Morgan fingerprint density at radius 3 is 2.37 bits per heavy atom. The van der Waals surface area contributed by atoms with Crippen molar-refractivity contribution >= 4 is 50.7 Å². The Hall–Kier alpha value is -2.69. The maximum Gasteiger partial charge on any atom is 0.244 e. The third kappa shape index (κ3) is 7.03. The molecule has 0 aromatic heterocycles. The second-order valence-corrected chi connectivity index (χ2v) is 11.7. The van der Waals surface area contributed by atoms with E-state index < -0.39 is 28.5 Å². The lowest BCUT2D eigenvalue weighted by molar-refractivity contribution is -0.140. The molecule has 2 aromatic rings. The molecule has 0 saturated heterocycles.